The van der Waals surface area contributed by atoms with Gasteiger partial charge in [-0.15, -0.1) is 0 Å². The molecule has 7 atom stereocenters. The van der Waals surface area contributed by atoms with E-state index in [1.807, 2.05) is 13.1 Å². The van der Waals surface area contributed by atoms with Crippen molar-refractivity contribution in [1.82, 2.24) is 4.90 Å². The average Bonchev–Trinajstić information content (AvgIpc) is 3.37. The first-order valence-corrected chi connectivity index (χ1v) is 15.0. The second-order valence-electron chi connectivity index (χ2n) is 12.0. The van der Waals surface area contributed by atoms with Crippen molar-refractivity contribution >= 4 is 35.8 Å². The van der Waals surface area contributed by atoms with Gasteiger partial charge in [0.15, 0.2) is 23.7 Å². The number of rotatable bonds is 9. The lowest BCUT2D eigenvalue weighted by Gasteiger charge is -2.61. The predicted octanol–water partition coefficient (Wildman–Crippen LogP) is 1.03. The van der Waals surface area contributed by atoms with Gasteiger partial charge >= 0.3 is 42.0 Å². The zero-order valence-electron chi connectivity index (χ0n) is 27.3. The lowest BCUT2D eigenvalue weighted by Crippen LogP contribution is -2.74. The van der Waals surface area contributed by atoms with Crippen LogP contribution in [0.15, 0.2) is 24.0 Å². The summed E-state index contributed by atoms with van der Waals surface area (Å²) in [7, 11) is 3.48. The van der Waals surface area contributed by atoms with E-state index in [1.165, 1.54) is 14.0 Å². The molecule has 2 heterocycles. The van der Waals surface area contributed by atoms with Gasteiger partial charge in [-0.25, -0.2) is 19.2 Å². The quantitative estimate of drug-likeness (QED) is 0.240. The van der Waals surface area contributed by atoms with E-state index in [1.54, 1.807) is 12.1 Å². The molecule has 4 aliphatic rings. The first-order chi connectivity index (χ1) is 23.2. The van der Waals surface area contributed by atoms with E-state index in [0.29, 0.717) is 30.9 Å². The summed E-state index contributed by atoms with van der Waals surface area (Å²) in [5.41, 5.74) is -0.334. The van der Waals surface area contributed by atoms with Crippen LogP contribution in [0.3, 0.4) is 0 Å². The Balaban J connectivity index is 0.000000727. The third-order valence-electron chi connectivity index (χ3n) is 8.98. The summed E-state index contributed by atoms with van der Waals surface area (Å²) in [5, 5.41) is 28.8. The second-order valence-corrected chi connectivity index (χ2v) is 12.0. The van der Waals surface area contributed by atoms with Gasteiger partial charge in [0.1, 0.15) is 5.76 Å². The molecule has 274 valence electrons. The number of alkyl halides is 3. The molecule has 1 saturated heterocycles. The highest BCUT2D eigenvalue weighted by Crippen LogP contribution is 2.65. The van der Waals surface area contributed by atoms with E-state index in [0.717, 1.165) is 25.0 Å². The Hall–Kier alpha value is -4.91. The number of likely N-dealkylation sites (tertiary alicyclic amines) is 1. The van der Waals surface area contributed by atoms with Gasteiger partial charge in [0.05, 0.1) is 18.1 Å². The number of likely N-dealkylation sites (N-methyl/N-ethyl adjacent to an activating group) is 1. The molecule has 0 unspecified atom stereocenters. The van der Waals surface area contributed by atoms with Crippen LogP contribution in [0.25, 0.3) is 0 Å². The monoisotopic (exact) mass is 717 g/mol. The molecular weight excluding hydrogens is 683 g/mol. The summed E-state index contributed by atoms with van der Waals surface area (Å²) in [6.45, 7) is 3.66. The molecule has 3 N–H and O–H groups in total. The van der Waals surface area contributed by atoms with Crippen molar-refractivity contribution in [2.75, 3.05) is 20.7 Å². The van der Waals surface area contributed by atoms with Gasteiger partial charge in [-0.1, -0.05) is 6.07 Å². The number of aliphatic hydroxyl groups is 1. The molecular formula is C31H34F3NO15. The van der Waals surface area contributed by atoms with Crippen LogP contribution in [0.1, 0.15) is 44.7 Å². The highest BCUT2D eigenvalue weighted by atomic mass is 19.4. The molecule has 16 nitrogen and oxygen atoms in total. The molecule has 0 aromatic heterocycles. The van der Waals surface area contributed by atoms with Crippen LogP contribution in [0.4, 0.5) is 13.2 Å². The zero-order chi connectivity index (χ0) is 37.5. The van der Waals surface area contributed by atoms with Crippen LogP contribution in [-0.4, -0.2) is 119 Å². The van der Waals surface area contributed by atoms with Crippen molar-refractivity contribution < 1.29 is 85.7 Å². The van der Waals surface area contributed by atoms with Gasteiger partial charge in [0, 0.05) is 31.9 Å². The third-order valence-corrected chi connectivity index (χ3v) is 8.98. The lowest BCUT2D eigenvalue weighted by atomic mass is 9.50. The van der Waals surface area contributed by atoms with Crippen LogP contribution in [-0.2, 0) is 59.6 Å². The fourth-order valence-electron chi connectivity index (χ4n) is 6.91. The number of ether oxygens (including phenoxy) is 6. The fourth-order valence-corrected chi connectivity index (χ4v) is 6.91. The number of aliphatic carboxylic acids is 2. The molecule has 0 radical (unpaired) electrons. The smallest absolute Gasteiger partial charge is 0.490 e. The highest BCUT2D eigenvalue weighted by molar-refractivity contribution is 5.89. The fraction of sp³-hybridized carbons (Fsp3) is 0.548. The number of piperidine rings is 1. The Morgan fingerprint density at radius 1 is 1.00 bits per heavy atom. The summed E-state index contributed by atoms with van der Waals surface area (Å²) in [4.78, 5) is 71.7. The second kappa shape index (κ2) is 13.8. The van der Waals surface area contributed by atoms with Crippen LogP contribution < -0.4 is 9.47 Å². The molecule has 1 fully saturated rings. The van der Waals surface area contributed by atoms with E-state index in [9.17, 15) is 47.4 Å². The number of carboxylic acids is 2. The number of methoxy groups -OCH3 is 1. The minimum atomic E-state index is -5.08. The number of hydrogen-bond donors (Lipinski definition) is 3. The molecule has 1 aromatic rings. The van der Waals surface area contributed by atoms with Crippen molar-refractivity contribution in [3.8, 4) is 11.5 Å². The summed E-state index contributed by atoms with van der Waals surface area (Å²) in [6, 6.07) is 3.55. The number of carbonyl (C=O) groups excluding carboxylic acids is 4. The Bertz CT molecular complexity index is 1630. The standard InChI is InChI=1S/C29H33NO13.C2HF3O2/c1-13(39-27(36)23(41-15(3)32)22(25(33)34)40-14(2)31)26(35)42-18-8-9-29(37)19-12-16-6-7-17(38-5)21-20(16)28(29,24(18)43-21)10-11-30(19)4;3-2(4,5)1(6)7/h6-8,13,19,22-24,37H,9-12H2,1-5H3,(H,33,34);(H,6,7)/t13-,19+,22+,23+,24-,28-,29+;/m0./s1. The number of halogens is 3. The summed E-state index contributed by atoms with van der Waals surface area (Å²) >= 11 is 0. The van der Waals surface area contributed by atoms with Gasteiger partial charge in [0.2, 0.25) is 12.2 Å². The van der Waals surface area contributed by atoms with Gasteiger partial charge in [-0.05, 0) is 51.1 Å². The Morgan fingerprint density at radius 3 is 2.14 bits per heavy atom. The van der Waals surface area contributed by atoms with Crippen molar-refractivity contribution in [1.29, 1.82) is 0 Å². The van der Waals surface area contributed by atoms with Crippen LogP contribution >= 0.6 is 0 Å². The van der Waals surface area contributed by atoms with E-state index in [2.05, 4.69) is 9.64 Å². The topological polar surface area (TPSA) is 222 Å². The first-order valence-electron chi connectivity index (χ1n) is 15.0. The normalized spacial score (nSPS) is 26.1. The van der Waals surface area contributed by atoms with Crippen LogP contribution in [0, 0.1) is 0 Å². The number of hydrogen-bond acceptors (Lipinski definition) is 14. The van der Waals surface area contributed by atoms with E-state index in [4.69, 9.17) is 33.6 Å². The van der Waals surface area contributed by atoms with Crippen molar-refractivity contribution in [3.63, 3.8) is 0 Å². The maximum Gasteiger partial charge on any atom is 0.490 e. The SMILES string of the molecule is COc1ccc2c3c1O[C@H]1C(OC(=O)[C@H](C)OC(=O)[C@H](OC(C)=O)[C@@H](OC(C)=O)C(=O)O)=CC[C@@]4(O)[C@@H](C2)N(C)CC[C@]314.O=C(O)C(F)(F)F. The third kappa shape index (κ3) is 6.66. The van der Waals surface area contributed by atoms with Crippen LogP contribution in [0.5, 0.6) is 11.5 Å². The number of carboxylic acid groups (broad SMARTS) is 2. The van der Waals surface area contributed by atoms with Gasteiger partial charge in [-0.3, -0.25) is 9.59 Å². The number of esters is 4. The minimum absolute atomic E-state index is 0.117. The minimum Gasteiger partial charge on any atom is -0.493 e. The number of carbonyl (C=O) groups is 6. The number of nitrogens with zero attached hydrogens (tertiary/aromatic N) is 1. The molecule has 0 amide bonds. The largest absolute Gasteiger partial charge is 0.493 e. The molecule has 1 aromatic carbocycles. The molecule has 2 aliphatic heterocycles. The Morgan fingerprint density at radius 2 is 1.60 bits per heavy atom. The summed E-state index contributed by atoms with van der Waals surface area (Å²) in [5.74, 6) is -8.03. The maximum absolute atomic E-state index is 13.2. The molecule has 2 aliphatic carbocycles. The lowest BCUT2D eigenvalue weighted by molar-refractivity contribution is -0.193. The Labute approximate surface area is 281 Å². The molecule has 1 spiro atoms. The van der Waals surface area contributed by atoms with Gasteiger partial charge in [-0.2, -0.15) is 13.2 Å². The molecule has 19 heteroatoms. The van der Waals surface area contributed by atoms with E-state index in [-0.39, 0.29) is 18.2 Å². The maximum atomic E-state index is 13.2. The summed E-state index contributed by atoms with van der Waals surface area (Å²) in [6.07, 6.45) is -9.14. The summed E-state index contributed by atoms with van der Waals surface area (Å²) < 4.78 is 64.0. The van der Waals surface area contributed by atoms with Gasteiger partial charge < -0.3 is 48.6 Å². The van der Waals surface area contributed by atoms with E-state index >= 15 is 0 Å². The number of benzene rings is 1. The van der Waals surface area contributed by atoms with Crippen molar-refractivity contribution in [2.24, 2.45) is 0 Å². The first kappa shape index (κ1) is 37.9. The highest BCUT2D eigenvalue weighted by Gasteiger charge is 2.72. The molecule has 5 rings (SSSR count). The van der Waals surface area contributed by atoms with Crippen molar-refractivity contribution in [2.45, 2.75) is 87.7 Å². The molecule has 50 heavy (non-hydrogen) atoms. The Kier molecular flexibility index (Phi) is 10.4. The van der Waals surface area contributed by atoms with Gasteiger partial charge in [0.25, 0.3) is 0 Å². The average molecular weight is 718 g/mol. The zero-order valence-corrected chi connectivity index (χ0v) is 27.3. The van der Waals surface area contributed by atoms with Crippen LogP contribution in [0.2, 0.25) is 0 Å². The predicted molar refractivity (Wildman–Crippen MR) is 156 cm³/mol. The molecule has 0 saturated carbocycles. The van der Waals surface area contributed by atoms with Crippen molar-refractivity contribution in [3.05, 3.63) is 35.1 Å². The molecule has 2 bridgehead atoms. The van der Waals surface area contributed by atoms with E-state index < -0.39 is 77.4 Å².